The molecule has 2 rings (SSSR count). The highest BCUT2D eigenvalue weighted by molar-refractivity contribution is 7.99. The van der Waals surface area contributed by atoms with E-state index in [-0.39, 0.29) is 0 Å². The Kier molecular flexibility index (Phi) is 5.43. The van der Waals surface area contributed by atoms with Crippen LogP contribution in [0.1, 0.15) is 32.0 Å². The van der Waals surface area contributed by atoms with Gasteiger partial charge < -0.3 is 5.32 Å². The Labute approximate surface area is 119 Å². The lowest BCUT2D eigenvalue weighted by Crippen LogP contribution is -2.20. The Morgan fingerprint density at radius 1 is 1.11 bits per heavy atom. The first-order valence-corrected chi connectivity index (χ1v) is 7.53. The number of rotatable bonds is 6. The molecule has 3 heteroatoms. The molecular formula is C16H20N2S. The molecule has 0 aliphatic heterocycles. The number of nitrogens with one attached hydrogen (secondary N) is 1. The van der Waals surface area contributed by atoms with Crippen LogP contribution in [0.3, 0.4) is 0 Å². The quantitative estimate of drug-likeness (QED) is 0.849. The maximum atomic E-state index is 4.54. The van der Waals surface area contributed by atoms with Gasteiger partial charge in [-0.15, -0.1) is 0 Å². The lowest BCUT2D eigenvalue weighted by Gasteiger charge is -2.12. The maximum absolute atomic E-state index is 4.54. The molecule has 0 saturated carbocycles. The third-order valence-corrected chi connectivity index (χ3v) is 3.87. The maximum Gasteiger partial charge on any atom is 0.0571 e. The van der Waals surface area contributed by atoms with Gasteiger partial charge in [-0.05, 0) is 44.2 Å². The summed E-state index contributed by atoms with van der Waals surface area (Å²) < 4.78 is 0. The highest BCUT2D eigenvalue weighted by atomic mass is 32.2. The molecule has 2 aromatic rings. The SMILES string of the molecule is CCCNC(C)c1ccc(Sc2ccccc2)cn1. The highest BCUT2D eigenvalue weighted by Gasteiger charge is 2.05. The Bertz CT molecular complexity index is 482. The van der Waals surface area contributed by atoms with Crippen LogP contribution in [0.2, 0.25) is 0 Å². The fraction of sp³-hybridized carbons (Fsp3) is 0.312. The molecule has 0 fully saturated rings. The van der Waals surface area contributed by atoms with Gasteiger partial charge in [0.1, 0.15) is 0 Å². The van der Waals surface area contributed by atoms with Crippen LogP contribution >= 0.6 is 11.8 Å². The summed E-state index contributed by atoms with van der Waals surface area (Å²) in [7, 11) is 0. The van der Waals surface area contributed by atoms with Crippen molar-refractivity contribution in [2.75, 3.05) is 6.54 Å². The van der Waals surface area contributed by atoms with Crippen LogP contribution in [0.5, 0.6) is 0 Å². The number of hydrogen-bond donors (Lipinski definition) is 1. The van der Waals surface area contributed by atoms with Gasteiger partial charge in [0, 0.05) is 22.0 Å². The molecule has 1 aromatic carbocycles. The van der Waals surface area contributed by atoms with E-state index in [9.17, 15) is 0 Å². The van der Waals surface area contributed by atoms with Crippen LogP contribution in [-0.2, 0) is 0 Å². The van der Waals surface area contributed by atoms with E-state index in [0.717, 1.165) is 18.7 Å². The topological polar surface area (TPSA) is 24.9 Å². The molecule has 0 radical (unpaired) electrons. The number of hydrogen-bond acceptors (Lipinski definition) is 3. The summed E-state index contributed by atoms with van der Waals surface area (Å²) >= 11 is 1.74. The van der Waals surface area contributed by atoms with E-state index >= 15 is 0 Å². The number of benzene rings is 1. The van der Waals surface area contributed by atoms with Crippen LogP contribution in [-0.4, -0.2) is 11.5 Å². The summed E-state index contributed by atoms with van der Waals surface area (Å²) in [6.45, 7) is 5.36. The van der Waals surface area contributed by atoms with E-state index in [4.69, 9.17) is 0 Å². The average molecular weight is 272 g/mol. The van der Waals surface area contributed by atoms with E-state index in [1.807, 2.05) is 12.3 Å². The largest absolute Gasteiger partial charge is 0.309 e. The molecule has 1 unspecified atom stereocenters. The van der Waals surface area contributed by atoms with Gasteiger partial charge in [0.05, 0.1) is 5.69 Å². The van der Waals surface area contributed by atoms with Crippen molar-refractivity contribution in [3.8, 4) is 0 Å². The summed E-state index contributed by atoms with van der Waals surface area (Å²) in [6.07, 6.45) is 3.10. The first-order valence-electron chi connectivity index (χ1n) is 6.72. The minimum atomic E-state index is 0.315. The molecule has 19 heavy (non-hydrogen) atoms. The molecule has 1 heterocycles. The minimum absolute atomic E-state index is 0.315. The van der Waals surface area contributed by atoms with Crippen LogP contribution in [0.15, 0.2) is 58.5 Å². The van der Waals surface area contributed by atoms with Gasteiger partial charge in [0.25, 0.3) is 0 Å². The summed E-state index contributed by atoms with van der Waals surface area (Å²) in [5.41, 5.74) is 1.10. The van der Waals surface area contributed by atoms with E-state index in [0.29, 0.717) is 6.04 Å². The molecule has 0 aliphatic rings. The molecule has 1 aromatic heterocycles. The van der Waals surface area contributed by atoms with Crippen LogP contribution in [0.25, 0.3) is 0 Å². The predicted octanol–water partition coefficient (Wildman–Crippen LogP) is 4.29. The molecule has 2 nitrogen and oxygen atoms in total. The normalized spacial score (nSPS) is 12.3. The number of nitrogens with zero attached hydrogens (tertiary/aromatic N) is 1. The van der Waals surface area contributed by atoms with Gasteiger partial charge >= 0.3 is 0 Å². The predicted molar refractivity (Wildman–Crippen MR) is 81.5 cm³/mol. The summed E-state index contributed by atoms with van der Waals surface area (Å²) in [6, 6.07) is 14.9. The Hall–Kier alpha value is -1.32. The molecular weight excluding hydrogens is 252 g/mol. The Morgan fingerprint density at radius 2 is 1.89 bits per heavy atom. The lowest BCUT2D eigenvalue weighted by atomic mass is 10.2. The second kappa shape index (κ2) is 7.31. The van der Waals surface area contributed by atoms with Crippen molar-refractivity contribution in [1.82, 2.24) is 10.3 Å². The van der Waals surface area contributed by atoms with Crippen LogP contribution in [0.4, 0.5) is 0 Å². The van der Waals surface area contributed by atoms with E-state index in [1.165, 1.54) is 9.79 Å². The van der Waals surface area contributed by atoms with Crippen LogP contribution < -0.4 is 5.32 Å². The van der Waals surface area contributed by atoms with E-state index in [1.54, 1.807) is 11.8 Å². The van der Waals surface area contributed by atoms with Crippen molar-refractivity contribution in [2.24, 2.45) is 0 Å². The van der Waals surface area contributed by atoms with Gasteiger partial charge in [-0.3, -0.25) is 4.98 Å². The molecule has 0 aliphatic carbocycles. The molecule has 0 spiro atoms. The van der Waals surface area contributed by atoms with Gasteiger partial charge in [0.2, 0.25) is 0 Å². The zero-order valence-corrected chi connectivity index (χ0v) is 12.3. The van der Waals surface area contributed by atoms with Gasteiger partial charge in [0.15, 0.2) is 0 Å². The third kappa shape index (κ3) is 4.37. The molecule has 1 atom stereocenters. The highest BCUT2D eigenvalue weighted by Crippen LogP contribution is 2.27. The summed E-state index contributed by atoms with van der Waals surface area (Å²) in [5.74, 6) is 0. The van der Waals surface area contributed by atoms with Crippen molar-refractivity contribution in [2.45, 2.75) is 36.1 Å². The Morgan fingerprint density at radius 3 is 2.53 bits per heavy atom. The average Bonchev–Trinajstić information content (AvgIpc) is 2.46. The lowest BCUT2D eigenvalue weighted by molar-refractivity contribution is 0.558. The zero-order chi connectivity index (χ0) is 13.5. The molecule has 0 saturated heterocycles. The van der Waals surface area contributed by atoms with Gasteiger partial charge in [-0.2, -0.15) is 0 Å². The van der Waals surface area contributed by atoms with E-state index in [2.05, 4.69) is 60.5 Å². The van der Waals surface area contributed by atoms with Crippen molar-refractivity contribution >= 4 is 11.8 Å². The molecule has 100 valence electrons. The minimum Gasteiger partial charge on any atom is -0.309 e. The van der Waals surface area contributed by atoms with Gasteiger partial charge in [-0.25, -0.2) is 0 Å². The first-order chi connectivity index (χ1) is 9.29. The van der Waals surface area contributed by atoms with Crippen molar-refractivity contribution < 1.29 is 0 Å². The molecule has 1 N–H and O–H groups in total. The standard InChI is InChI=1S/C16H20N2S/c1-3-11-17-13(2)16-10-9-15(12-18-16)19-14-7-5-4-6-8-14/h4-10,12-13,17H,3,11H2,1-2H3. The third-order valence-electron chi connectivity index (χ3n) is 2.88. The fourth-order valence-electron chi connectivity index (χ4n) is 1.80. The molecule has 0 amide bonds. The monoisotopic (exact) mass is 272 g/mol. The van der Waals surface area contributed by atoms with Crippen molar-refractivity contribution in [1.29, 1.82) is 0 Å². The van der Waals surface area contributed by atoms with Gasteiger partial charge in [-0.1, -0.05) is 36.9 Å². The number of pyridine rings is 1. The summed E-state index contributed by atoms with van der Waals surface area (Å²) in [5, 5.41) is 3.45. The zero-order valence-electron chi connectivity index (χ0n) is 11.5. The summed E-state index contributed by atoms with van der Waals surface area (Å²) in [4.78, 5) is 6.97. The second-order valence-corrected chi connectivity index (χ2v) is 5.66. The Balaban J connectivity index is 1.98. The van der Waals surface area contributed by atoms with Crippen molar-refractivity contribution in [3.63, 3.8) is 0 Å². The first kappa shape index (κ1) is 14.1. The van der Waals surface area contributed by atoms with Crippen LogP contribution in [0, 0.1) is 0 Å². The number of aromatic nitrogens is 1. The van der Waals surface area contributed by atoms with Crippen molar-refractivity contribution in [3.05, 3.63) is 54.4 Å². The molecule has 0 bridgehead atoms. The second-order valence-electron chi connectivity index (χ2n) is 4.51. The smallest absolute Gasteiger partial charge is 0.0571 e. The van der Waals surface area contributed by atoms with E-state index < -0.39 is 0 Å². The fourth-order valence-corrected chi connectivity index (χ4v) is 2.61.